The van der Waals surface area contributed by atoms with Gasteiger partial charge in [-0.15, -0.1) is 0 Å². The summed E-state index contributed by atoms with van der Waals surface area (Å²) in [7, 11) is 0. The van der Waals surface area contributed by atoms with Crippen LogP contribution in [0.1, 0.15) is 20.3 Å². The van der Waals surface area contributed by atoms with Crippen LogP contribution < -0.4 is 10.6 Å². The van der Waals surface area contributed by atoms with Gasteiger partial charge < -0.3 is 15.7 Å². The quantitative estimate of drug-likeness (QED) is 0.773. The predicted molar refractivity (Wildman–Crippen MR) is 72.4 cm³/mol. The molecule has 1 aromatic rings. The summed E-state index contributed by atoms with van der Waals surface area (Å²) >= 11 is 5.80. The van der Waals surface area contributed by atoms with Gasteiger partial charge in [0.15, 0.2) is 5.82 Å². The molecular weight excluding hydrogens is 255 g/mol. The minimum atomic E-state index is -0.483. The molecule has 0 bridgehead atoms. The molecule has 0 aliphatic carbocycles. The zero-order valence-corrected chi connectivity index (χ0v) is 11.3. The fourth-order valence-corrected chi connectivity index (χ4v) is 2.56. The first-order chi connectivity index (χ1) is 8.33. The molecule has 3 nitrogen and oxygen atoms in total. The Balaban J connectivity index is 2.36. The molecule has 1 atom stereocenters. The van der Waals surface area contributed by atoms with E-state index in [0.717, 1.165) is 0 Å². The van der Waals surface area contributed by atoms with Gasteiger partial charge in [-0.25, -0.2) is 4.39 Å². The lowest BCUT2D eigenvalue weighted by molar-refractivity contribution is 0.0335. The van der Waals surface area contributed by atoms with Crippen molar-refractivity contribution in [2.75, 3.05) is 23.7 Å². The molecule has 5 heteroatoms. The van der Waals surface area contributed by atoms with Crippen molar-refractivity contribution in [2.45, 2.75) is 26.4 Å². The summed E-state index contributed by atoms with van der Waals surface area (Å²) in [6.45, 7) is 5.05. The van der Waals surface area contributed by atoms with Crippen LogP contribution in [0.15, 0.2) is 12.1 Å². The van der Waals surface area contributed by atoms with E-state index in [1.807, 2.05) is 18.7 Å². The SMILES string of the molecule is CC1(C)CN(c2c(N)ccc(Cl)c2F)CCC1O. The summed E-state index contributed by atoms with van der Waals surface area (Å²) in [6, 6.07) is 3.07. The molecule has 0 radical (unpaired) electrons. The van der Waals surface area contributed by atoms with Gasteiger partial charge in [-0.3, -0.25) is 0 Å². The van der Waals surface area contributed by atoms with Gasteiger partial charge in [0, 0.05) is 18.5 Å². The monoisotopic (exact) mass is 272 g/mol. The Morgan fingerprint density at radius 2 is 2.17 bits per heavy atom. The van der Waals surface area contributed by atoms with Gasteiger partial charge in [0.2, 0.25) is 0 Å². The average Bonchev–Trinajstić information content (AvgIpc) is 2.29. The van der Waals surface area contributed by atoms with Crippen molar-refractivity contribution < 1.29 is 9.50 Å². The lowest BCUT2D eigenvalue weighted by Crippen LogP contribution is -2.49. The Morgan fingerprint density at radius 1 is 1.50 bits per heavy atom. The molecule has 1 fully saturated rings. The summed E-state index contributed by atoms with van der Waals surface area (Å²) < 4.78 is 14.1. The molecule has 1 unspecified atom stereocenters. The van der Waals surface area contributed by atoms with Gasteiger partial charge >= 0.3 is 0 Å². The third-order valence-electron chi connectivity index (χ3n) is 3.59. The Hall–Kier alpha value is -1.00. The molecule has 1 heterocycles. The molecule has 0 saturated carbocycles. The van der Waals surface area contributed by atoms with Crippen molar-refractivity contribution >= 4 is 23.0 Å². The second-order valence-corrected chi connectivity index (χ2v) is 5.92. The molecule has 2 rings (SSSR count). The Kier molecular flexibility index (Phi) is 3.43. The molecule has 0 spiro atoms. The van der Waals surface area contributed by atoms with Crippen molar-refractivity contribution in [3.05, 3.63) is 23.0 Å². The zero-order valence-electron chi connectivity index (χ0n) is 10.6. The number of rotatable bonds is 1. The highest BCUT2D eigenvalue weighted by atomic mass is 35.5. The van der Waals surface area contributed by atoms with E-state index in [1.165, 1.54) is 6.07 Å². The van der Waals surface area contributed by atoms with E-state index in [2.05, 4.69) is 0 Å². The average molecular weight is 273 g/mol. The molecule has 100 valence electrons. The van der Waals surface area contributed by atoms with Crippen molar-refractivity contribution in [3.8, 4) is 0 Å². The first-order valence-corrected chi connectivity index (χ1v) is 6.37. The number of hydrogen-bond acceptors (Lipinski definition) is 3. The summed E-state index contributed by atoms with van der Waals surface area (Å²) in [5, 5.41) is 9.99. The Bertz CT molecular complexity index is 465. The highest BCUT2D eigenvalue weighted by Gasteiger charge is 2.36. The summed E-state index contributed by atoms with van der Waals surface area (Å²) in [5.41, 5.74) is 6.28. The van der Waals surface area contributed by atoms with E-state index in [0.29, 0.717) is 30.9 Å². The number of aliphatic hydroxyl groups excluding tert-OH is 1. The number of anilines is 2. The zero-order chi connectivity index (χ0) is 13.5. The Labute approximate surface area is 111 Å². The molecule has 1 aliphatic rings. The lowest BCUT2D eigenvalue weighted by atomic mass is 9.81. The van der Waals surface area contributed by atoms with Crippen LogP contribution in [-0.2, 0) is 0 Å². The van der Waals surface area contributed by atoms with Crippen LogP contribution in [0.4, 0.5) is 15.8 Å². The number of nitrogens with zero attached hydrogens (tertiary/aromatic N) is 1. The first-order valence-electron chi connectivity index (χ1n) is 5.99. The summed E-state index contributed by atoms with van der Waals surface area (Å²) in [4.78, 5) is 1.86. The van der Waals surface area contributed by atoms with Crippen LogP contribution in [0.5, 0.6) is 0 Å². The molecule has 3 N–H and O–H groups in total. The topological polar surface area (TPSA) is 49.5 Å². The van der Waals surface area contributed by atoms with Crippen LogP contribution in [0, 0.1) is 11.2 Å². The van der Waals surface area contributed by atoms with Gasteiger partial charge in [-0.2, -0.15) is 0 Å². The van der Waals surface area contributed by atoms with E-state index >= 15 is 0 Å². The van der Waals surface area contributed by atoms with Crippen LogP contribution in [-0.4, -0.2) is 24.3 Å². The third kappa shape index (κ3) is 2.27. The standard InChI is InChI=1S/C13H18ClFN2O/c1-13(2)7-17(6-5-10(13)18)12-9(16)4-3-8(14)11(12)15/h3-4,10,18H,5-7,16H2,1-2H3. The summed E-state index contributed by atoms with van der Waals surface area (Å²) in [5.74, 6) is -0.483. The molecule has 0 aromatic heterocycles. The highest BCUT2D eigenvalue weighted by Crippen LogP contribution is 2.37. The van der Waals surface area contributed by atoms with Gasteiger partial charge in [0.05, 0.1) is 22.5 Å². The van der Waals surface area contributed by atoms with E-state index in [4.69, 9.17) is 17.3 Å². The van der Waals surface area contributed by atoms with Crippen LogP contribution in [0.3, 0.4) is 0 Å². The molecule has 1 aromatic carbocycles. The Morgan fingerprint density at radius 3 is 2.78 bits per heavy atom. The number of hydrogen-bond donors (Lipinski definition) is 2. The number of halogens is 2. The largest absolute Gasteiger partial charge is 0.397 e. The third-order valence-corrected chi connectivity index (χ3v) is 3.88. The van der Waals surface area contributed by atoms with E-state index in [-0.39, 0.29) is 16.5 Å². The summed E-state index contributed by atoms with van der Waals surface area (Å²) in [6.07, 6.45) is 0.218. The second kappa shape index (κ2) is 4.59. The molecule has 0 amide bonds. The minimum Gasteiger partial charge on any atom is -0.397 e. The maximum atomic E-state index is 14.1. The molecule has 1 aliphatic heterocycles. The van der Waals surface area contributed by atoms with E-state index in [9.17, 15) is 9.50 Å². The van der Waals surface area contributed by atoms with Crippen molar-refractivity contribution in [1.29, 1.82) is 0 Å². The second-order valence-electron chi connectivity index (χ2n) is 5.51. The maximum Gasteiger partial charge on any atom is 0.167 e. The van der Waals surface area contributed by atoms with Gasteiger partial charge in [0.1, 0.15) is 0 Å². The maximum absolute atomic E-state index is 14.1. The number of nitrogens with two attached hydrogens (primary N) is 1. The van der Waals surface area contributed by atoms with Crippen molar-refractivity contribution in [3.63, 3.8) is 0 Å². The van der Waals surface area contributed by atoms with Crippen LogP contribution in [0.25, 0.3) is 0 Å². The number of nitrogen functional groups attached to an aromatic ring is 1. The minimum absolute atomic E-state index is 0.0723. The number of aliphatic hydroxyl groups is 1. The molecule has 1 saturated heterocycles. The normalized spacial score (nSPS) is 23.2. The number of piperidine rings is 1. The number of benzene rings is 1. The predicted octanol–water partition coefficient (Wildman–Crippen LogP) is 2.66. The van der Waals surface area contributed by atoms with Crippen molar-refractivity contribution in [1.82, 2.24) is 0 Å². The van der Waals surface area contributed by atoms with E-state index in [1.54, 1.807) is 6.07 Å². The van der Waals surface area contributed by atoms with Gasteiger partial charge in [-0.1, -0.05) is 25.4 Å². The van der Waals surface area contributed by atoms with Crippen LogP contribution in [0.2, 0.25) is 5.02 Å². The van der Waals surface area contributed by atoms with Crippen molar-refractivity contribution in [2.24, 2.45) is 5.41 Å². The lowest BCUT2D eigenvalue weighted by Gasteiger charge is -2.43. The fraction of sp³-hybridized carbons (Fsp3) is 0.538. The van der Waals surface area contributed by atoms with Gasteiger partial charge in [-0.05, 0) is 18.6 Å². The first kappa shape index (κ1) is 13.4. The molecule has 18 heavy (non-hydrogen) atoms. The smallest absolute Gasteiger partial charge is 0.167 e. The highest BCUT2D eigenvalue weighted by molar-refractivity contribution is 6.31. The van der Waals surface area contributed by atoms with E-state index < -0.39 is 5.82 Å². The fourth-order valence-electron chi connectivity index (χ4n) is 2.41. The molecular formula is C13H18ClFN2O. The van der Waals surface area contributed by atoms with Gasteiger partial charge in [0.25, 0.3) is 0 Å². The van der Waals surface area contributed by atoms with Crippen LogP contribution >= 0.6 is 11.6 Å².